The molecule has 2 heterocycles. The highest BCUT2D eigenvalue weighted by Crippen LogP contribution is 2.27. The van der Waals surface area contributed by atoms with Crippen LogP contribution in [0.25, 0.3) is 0 Å². The van der Waals surface area contributed by atoms with Crippen LogP contribution in [0, 0.1) is 0 Å². The van der Waals surface area contributed by atoms with Gasteiger partial charge in [0.1, 0.15) is 6.54 Å². The van der Waals surface area contributed by atoms with Crippen molar-refractivity contribution >= 4 is 29.2 Å². The van der Waals surface area contributed by atoms with E-state index in [0.717, 1.165) is 30.9 Å². The number of aryl methyl sites for hydroxylation is 1. The number of hydrogen-bond acceptors (Lipinski definition) is 2. The van der Waals surface area contributed by atoms with E-state index in [4.69, 9.17) is 11.6 Å². The Labute approximate surface area is 165 Å². The summed E-state index contributed by atoms with van der Waals surface area (Å²) < 4.78 is 1.99. The van der Waals surface area contributed by atoms with Crippen molar-refractivity contribution in [3.8, 4) is 0 Å². The van der Waals surface area contributed by atoms with Crippen molar-refractivity contribution in [2.75, 3.05) is 31.6 Å². The summed E-state index contributed by atoms with van der Waals surface area (Å²) in [4.78, 5) is 21.1. The van der Waals surface area contributed by atoms with Gasteiger partial charge in [0.05, 0.1) is 11.6 Å². The Morgan fingerprint density at radius 1 is 1.37 bits per heavy atom. The largest absolute Gasteiger partial charge is 0.357 e. The van der Waals surface area contributed by atoms with Crippen molar-refractivity contribution in [3.63, 3.8) is 0 Å². The Bertz CT molecular complexity index is 845. The van der Waals surface area contributed by atoms with Gasteiger partial charge in [-0.15, -0.1) is 0 Å². The highest BCUT2D eigenvalue weighted by molar-refractivity contribution is 6.30. The van der Waals surface area contributed by atoms with E-state index < -0.39 is 0 Å². The predicted octanol–water partition coefficient (Wildman–Crippen LogP) is 2.67. The number of nitrogens with one attached hydrogen (secondary N) is 1. The number of amides is 1. The zero-order valence-electron chi connectivity index (χ0n) is 16.1. The minimum atomic E-state index is 0.0191. The van der Waals surface area contributed by atoms with Crippen LogP contribution in [-0.4, -0.2) is 48.0 Å². The number of para-hydroxylation sites is 1. The second kappa shape index (κ2) is 8.48. The molecule has 7 heteroatoms. The van der Waals surface area contributed by atoms with E-state index in [9.17, 15) is 4.79 Å². The minimum Gasteiger partial charge on any atom is -0.357 e. The smallest absolute Gasteiger partial charge is 0.248 e. The Hall–Kier alpha value is -2.47. The zero-order chi connectivity index (χ0) is 19.4. The fourth-order valence-electron chi connectivity index (χ4n) is 3.34. The molecule has 0 unspecified atom stereocenters. The monoisotopic (exact) mass is 387 g/mol. The third-order valence-electron chi connectivity index (χ3n) is 4.72. The number of fused-ring (bicyclic) bond motifs is 1. The fraction of sp³-hybridized carbons (Fsp3) is 0.400. The van der Waals surface area contributed by atoms with Crippen LogP contribution in [0.4, 0.5) is 5.69 Å². The van der Waals surface area contributed by atoms with Gasteiger partial charge in [0.15, 0.2) is 5.96 Å². The number of guanidine groups is 1. The lowest BCUT2D eigenvalue weighted by Gasteiger charge is -2.23. The number of anilines is 1. The van der Waals surface area contributed by atoms with Gasteiger partial charge in [0.25, 0.3) is 0 Å². The first-order valence-electron chi connectivity index (χ1n) is 9.18. The molecule has 0 radical (unpaired) electrons. The number of halogens is 1. The number of aromatic nitrogens is 1. The van der Waals surface area contributed by atoms with Crippen LogP contribution in [0.3, 0.4) is 0 Å². The molecule has 3 rings (SSSR count). The molecule has 0 saturated carbocycles. The van der Waals surface area contributed by atoms with Crippen molar-refractivity contribution in [2.45, 2.75) is 19.9 Å². The van der Waals surface area contributed by atoms with E-state index in [-0.39, 0.29) is 12.5 Å². The number of carbonyl (C=O) groups excluding carboxylic acids is 1. The van der Waals surface area contributed by atoms with E-state index in [2.05, 4.69) is 16.4 Å². The molecule has 0 aliphatic carbocycles. The lowest BCUT2D eigenvalue weighted by molar-refractivity contribution is -0.117. The van der Waals surface area contributed by atoms with Gasteiger partial charge in [-0.1, -0.05) is 29.8 Å². The van der Waals surface area contributed by atoms with Gasteiger partial charge < -0.3 is 19.7 Å². The maximum atomic E-state index is 12.7. The molecule has 1 amide bonds. The second-order valence-electron chi connectivity index (χ2n) is 6.71. The summed E-state index contributed by atoms with van der Waals surface area (Å²) in [6.07, 6.45) is 2.78. The van der Waals surface area contributed by atoms with Crippen molar-refractivity contribution in [1.29, 1.82) is 0 Å². The highest BCUT2D eigenvalue weighted by Gasteiger charge is 2.23. The normalized spacial score (nSPS) is 13.6. The standard InChI is InChI=1S/C20H26ClN5O/c1-4-22-20(25(3)14-17-11-16(21)13-24(17)2)23-12-19(27)26-10-9-15-7-5-6-8-18(15)26/h5-8,11,13H,4,9-10,12,14H2,1-3H3,(H,22,23). The number of hydrogen-bond donors (Lipinski definition) is 1. The van der Waals surface area contributed by atoms with Gasteiger partial charge in [0, 0.05) is 44.8 Å². The van der Waals surface area contributed by atoms with Crippen LogP contribution < -0.4 is 10.2 Å². The molecule has 0 bridgehead atoms. The molecule has 1 aromatic carbocycles. The molecule has 0 saturated heterocycles. The molecule has 0 spiro atoms. The lowest BCUT2D eigenvalue weighted by atomic mass is 10.2. The van der Waals surface area contributed by atoms with Crippen LogP contribution in [-0.2, 0) is 24.8 Å². The average molecular weight is 388 g/mol. The van der Waals surface area contributed by atoms with Crippen LogP contribution in [0.2, 0.25) is 5.02 Å². The Morgan fingerprint density at radius 2 is 2.15 bits per heavy atom. The molecular formula is C20H26ClN5O. The van der Waals surface area contributed by atoms with Gasteiger partial charge >= 0.3 is 0 Å². The van der Waals surface area contributed by atoms with E-state index >= 15 is 0 Å². The third-order valence-corrected chi connectivity index (χ3v) is 4.93. The molecule has 0 atom stereocenters. The maximum Gasteiger partial charge on any atom is 0.248 e. The Balaban J connectivity index is 1.68. The van der Waals surface area contributed by atoms with Gasteiger partial charge in [-0.2, -0.15) is 0 Å². The highest BCUT2D eigenvalue weighted by atomic mass is 35.5. The van der Waals surface area contributed by atoms with Crippen molar-refractivity contribution in [2.24, 2.45) is 12.0 Å². The van der Waals surface area contributed by atoms with Crippen LogP contribution in [0.5, 0.6) is 0 Å². The van der Waals surface area contributed by atoms with Crippen LogP contribution in [0.1, 0.15) is 18.2 Å². The molecule has 0 fully saturated rings. The molecule has 1 aliphatic heterocycles. The van der Waals surface area contributed by atoms with Gasteiger partial charge in [-0.05, 0) is 31.0 Å². The van der Waals surface area contributed by atoms with E-state index in [1.807, 2.05) is 65.8 Å². The molecule has 1 N–H and O–H groups in total. The van der Waals surface area contributed by atoms with E-state index in [1.165, 1.54) is 5.56 Å². The van der Waals surface area contributed by atoms with Gasteiger partial charge in [0.2, 0.25) is 5.91 Å². The quantitative estimate of drug-likeness (QED) is 0.634. The summed E-state index contributed by atoms with van der Waals surface area (Å²) in [5.41, 5.74) is 3.31. The zero-order valence-corrected chi connectivity index (χ0v) is 16.8. The first kappa shape index (κ1) is 19.3. The number of carbonyl (C=O) groups is 1. The fourth-order valence-corrected chi connectivity index (χ4v) is 3.61. The molecule has 144 valence electrons. The first-order chi connectivity index (χ1) is 13.0. The average Bonchev–Trinajstić information content (AvgIpc) is 3.21. The Kier molecular flexibility index (Phi) is 6.06. The van der Waals surface area contributed by atoms with Crippen molar-refractivity contribution < 1.29 is 4.79 Å². The summed E-state index contributed by atoms with van der Waals surface area (Å²) in [6.45, 7) is 4.24. The number of rotatable bonds is 5. The molecule has 1 aromatic heterocycles. The molecule has 1 aliphatic rings. The molecular weight excluding hydrogens is 362 g/mol. The minimum absolute atomic E-state index is 0.0191. The third kappa shape index (κ3) is 4.45. The lowest BCUT2D eigenvalue weighted by Crippen LogP contribution is -2.40. The molecule has 6 nitrogen and oxygen atoms in total. The topological polar surface area (TPSA) is 52.9 Å². The van der Waals surface area contributed by atoms with Gasteiger partial charge in [-0.25, -0.2) is 4.99 Å². The van der Waals surface area contributed by atoms with Crippen LogP contribution in [0.15, 0.2) is 41.5 Å². The summed E-state index contributed by atoms with van der Waals surface area (Å²) in [7, 11) is 3.92. The van der Waals surface area contributed by atoms with Crippen LogP contribution >= 0.6 is 11.6 Å². The summed E-state index contributed by atoms with van der Waals surface area (Å²) >= 11 is 6.07. The number of nitrogens with zero attached hydrogens (tertiary/aromatic N) is 4. The van der Waals surface area contributed by atoms with E-state index in [1.54, 1.807) is 0 Å². The summed E-state index contributed by atoms with van der Waals surface area (Å²) in [6, 6.07) is 10.00. The first-order valence-corrected chi connectivity index (χ1v) is 9.56. The number of benzene rings is 1. The maximum absolute atomic E-state index is 12.7. The van der Waals surface area contributed by atoms with Crippen molar-refractivity contribution in [3.05, 3.63) is 52.8 Å². The number of aliphatic imine (C=N–C) groups is 1. The summed E-state index contributed by atoms with van der Waals surface area (Å²) in [5.74, 6) is 0.723. The molecule has 27 heavy (non-hydrogen) atoms. The van der Waals surface area contributed by atoms with Gasteiger partial charge in [-0.3, -0.25) is 4.79 Å². The SMILES string of the molecule is CCNC(=NCC(=O)N1CCc2ccccc21)N(C)Cc1cc(Cl)cn1C. The van der Waals surface area contributed by atoms with E-state index in [0.29, 0.717) is 17.5 Å². The second-order valence-corrected chi connectivity index (χ2v) is 7.15. The Morgan fingerprint density at radius 3 is 2.85 bits per heavy atom. The van der Waals surface area contributed by atoms with Crippen molar-refractivity contribution in [1.82, 2.24) is 14.8 Å². The molecule has 2 aromatic rings. The summed E-state index contributed by atoms with van der Waals surface area (Å²) in [5, 5.41) is 3.97. The predicted molar refractivity (Wildman–Crippen MR) is 110 cm³/mol.